The quantitative estimate of drug-likeness (QED) is 0.708. The second-order valence-corrected chi connectivity index (χ2v) is 5.15. The highest BCUT2D eigenvalue weighted by Gasteiger charge is 2.27. The Labute approximate surface area is 91.9 Å². The highest BCUT2D eigenvalue weighted by atomic mass is 15.4. The highest BCUT2D eigenvalue weighted by Crippen LogP contribution is 2.34. The molecule has 0 saturated carbocycles. The SMILES string of the molecule is CCC1(C)CCCCc2c(nnn2C)C1. The molecule has 1 heterocycles. The molecule has 3 heteroatoms. The van der Waals surface area contributed by atoms with Gasteiger partial charge in [0.05, 0.1) is 11.4 Å². The van der Waals surface area contributed by atoms with Crippen molar-refractivity contribution in [3.63, 3.8) is 0 Å². The Morgan fingerprint density at radius 1 is 1.40 bits per heavy atom. The molecule has 0 fully saturated rings. The molecule has 2 rings (SSSR count). The summed E-state index contributed by atoms with van der Waals surface area (Å²) in [6, 6.07) is 0. The molecule has 84 valence electrons. The lowest BCUT2D eigenvalue weighted by molar-refractivity contribution is 0.263. The molecule has 0 N–H and O–H groups in total. The van der Waals surface area contributed by atoms with Crippen LogP contribution in [0.15, 0.2) is 0 Å². The first-order chi connectivity index (χ1) is 7.14. The van der Waals surface area contributed by atoms with E-state index in [1.807, 2.05) is 11.7 Å². The van der Waals surface area contributed by atoms with Crippen molar-refractivity contribution in [2.24, 2.45) is 12.5 Å². The average molecular weight is 207 g/mol. The first-order valence-electron chi connectivity index (χ1n) is 6.02. The van der Waals surface area contributed by atoms with Crippen LogP contribution < -0.4 is 0 Å². The van der Waals surface area contributed by atoms with Gasteiger partial charge in [-0.3, -0.25) is 4.68 Å². The van der Waals surface area contributed by atoms with E-state index in [-0.39, 0.29) is 0 Å². The largest absolute Gasteiger partial charge is 0.252 e. The topological polar surface area (TPSA) is 30.7 Å². The Morgan fingerprint density at radius 3 is 2.93 bits per heavy atom. The Bertz CT molecular complexity index is 343. The maximum Gasteiger partial charge on any atom is 0.0864 e. The van der Waals surface area contributed by atoms with E-state index in [0.717, 1.165) is 12.8 Å². The van der Waals surface area contributed by atoms with E-state index in [0.29, 0.717) is 5.41 Å². The van der Waals surface area contributed by atoms with Crippen LogP contribution in [0.25, 0.3) is 0 Å². The van der Waals surface area contributed by atoms with Gasteiger partial charge in [0, 0.05) is 7.05 Å². The summed E-state index contributed by atoms with van der Waals surface area (Å²) in [7, 11) is 2.01. The van der Waals surface area contributed by atoms with E-state index in [1.54, 1.807) is 0 Å². The summed E-state index contributed by atoms with van der Waals surface area (Å²) in [5, 5.41) is 8.46. The fourth-order valence-corrected chi connectivity index (χ4v) is 2.50. The lowest BCUT2D eigenvalue weighted by Gasteiger charge is -2.29. The van der Waals surface area contributed by atoms with E-state index in [4.69, 9.17) is 0 Å². The second-order valence-electron chi connectivity index (χ2n) is 5.15. The molecule has 0 saturated heterocycles. The van der Waals surface area contributed by atoms with Crippen LogP contribution in [-0.2, 0) is 19.9 Å². The van der Waals surface area contributed by atoms with Crippen LogP contribution in [0, 0.1) is 5.41 Å². The van der Waals surface area contributed by atoms with Crippen LogP contribution in [-0.4, -0.2) is 15.0 Å². The molecule has 0 bridgehead atoms. The molecule has 15 heavy (non-hydrogen) atoms. The second kappa shape index (κ2) is 3.95. The van der Waals surface area contributed by atoms with Crippen molar-refractivity contribution in [1.82, 2.24) is 15.0 Å². The van der Waals surface area contributed by atoms with E-state index in [1.165, 1.54) is 37.1 Å². The van der Waals surface area contributed by atoms with Crippen molar-refractivity contribution >= 4 is 0 Å². The third-order valence-electron chi connectivity index (χ3n) is 3.92. The molecular weight excluding hydrogens is 186 g/mol. The van der Waals surface area contributed by atoms with Gasteiger partial charge in [0.25, 0.3) is 0 Å². The minimum absolute atomic E-state index is 0.436. The number of aromatic nitrogens is 3. The number of hydrogen-bond acceptors (Lipinski definition) is 2. The van der Waals surface area contributed by atoms with Crippen molar-refractivity contribution in [3.8, 4) is 0 Å². The molecule has 3 nitrogen and oxygen atoms in total. The smallest absolute Gasteiger partial charge is 0.0864 e. The zero-order valence-corrected chi connectivity index (χ0v) is 10.1. The lowest BCUT2D eigenvalue weighted by atomic mass is 9.76. The Kier molecular flexibility index (Phi) is 2.81. The van der Waals surface area contributed by atoms with Gasteiger partial charge >= 0.3 is 0 Å². The summed E-state index contributed by atoms with van der Waals surface area (Å²) in [5.74, 6) is 0. The zero-order chi connectivity index (χ0) is 10.9. The van der Waals surface area contributed by atoms with Crippen molar-refractivity contribution in [3.05, 3.63) is 11.4 Å². The Hall–Kier alpha value is -0.860. The van der Waals surface area contributed by atoms with Gasteiger partial charge in [-0.25, -0.2) is 0 Å². The predicted molar refractivity (Wildman–Crippen MR) is 60.7 cm³/mol. The van der Waals surface area contributed by atoms with Crippen LogP contribution in [0.3, 0.4) is 0 Å². The lowest BCUT2D eigenvalue weighted by Crippen LogP contribution is -2.21. The minimum atomic E-state index is 0.436. The van der Waals surface area contributed by atoms with Crippen molar-refractivity contribution < 1.29 is 0 Å². The van der Waals surface area contributed by atoms with Gasteiger partial charge in [-0.15, -0.1) is 5.10 Å². The average Bonchev–Trinajstić information content (AvgIpc) is 2.52. The number of rotatable bonds is 1. The first-order valence-corrected chi connectivity index (χ1v) is 6.02. The van der Waals surface area contributed by atoms with Gasteiger partial charge < -0.3 is 0 Å². The fraction of sp³-hybridized carbons (Fsp3) is 0.833. The predicted octanol–water partition coefficient (Wildman–Crippen LogP) is 2.50. The summed E-state index contributed by atoms with van der Waals surface area (Å²) in [5.41, 5.74) is 3.03. The Balaban J connectivity index is 2.30. The van der Waals surface area contributed by atoms with Crippen LogP contribution in [0.1, 0.15) is 50.9 Å². The standard InChI is InChI=1S/C12H21N3/c1-4-12(2)8-6-5-7-11-10(9-12)13-14-15(11)3/h4-9H2,1-3H3. The summed E-state index contributed by atoms with van der Waals surface area (Å²) in [6.07, 6.45) is 7.45. The number of hydrogen-bond donors (Lipinski definition) is 0. The van der Waals surface area contributed by atoms with E-state index in [9.17, 15) is 0 Å². The molecule has 0 amide bonds. The maximum atomic E-state index is 4.31. The highest BCUT2D eigenvalue weighted by molar-refractivity contribution is 5.13. The molecule has 0 aliphatic heterocycles. The number of fused-ring (bicyclic) bond motifs is 1. The number of nitrogens with zero attached hydrogens (tertiary/aromatic N) is 3. The molecule has 1 aromatic rings. The van der Waals surface area contributed by atoms with Crippen molar-refractivity contribution in [1.29, 1.82) is 0 Å². The van der Waals surface area contributed by atoms with Crippen LogP contribution in [0.2, 0.25) is 0 Å². The molecule has 1 aliphatic carbocycles. The molecule has 0 radical (unpaired) electrons. The third-order valence-corrected chi connectivity index (χ3v) is 3.92. The van der Waals surface area contributed by atoms with Gasteiger partial charge in [-0.1, -0.05) is 31.9 Å². The summed E-state index contributed by atoms with van der Waals surface area (Å²) in [4.78, 5) is 0. The maximum absolute atomic E-state index is 4.31. The third kappa shape index (κ3) is 2.06. The minimum Gasteiger partial charge on any atom is -0.252 e. The molecule has 1 unspecified atom stereocenters. The molecule has 0 aromatic carbocycles. The van der Waals surface area contributed by atoms with Crippen LogP contribution in [0.5, 0.6) is 0 Å². The van der Waals surface area contributed by atoms with Gasteiger partial charge in [-0.2, -0.15) is 0 Å². The molecule has 1 atom stereocenters. The van der Waals surface area contributed by atoms with Gasteiger partial charge in [0.15, 0.2) is 0 Å². The van der Waals surface area contributed by atoms with Crippen molar-refractivity contribution in [2.45, 2.75) is 52.4 Å². The molecule has 1 aliphatic rings. The van der Waals surface area contributed by atoms with Crippen LogP contribution >= 0.6 is 0 Å². The van der Waals surface area contributed by atoms with E-state index >= 15 is 0 Å². The molecule has 0 spiro atoms. The number of aryl methyl sites for hydroxylation is 1. The van der Waals surface area contributed by atoms with Gasteiger partial charge in [0.2, 0.25) is 0 Å². The summed E-state index contributed by atoms with van der Waals surface area (Å²) >= 11 is 0. The van der Waals surface area contributed by atoms with Gasteiger partial charge in [-0.05, 0) is 31.1 Å². The monoisotopic (exact) mass is 207 g/mol. The first kappa shape index (κ1) is 10.7. The van der Waals surface area contributed by atoms with Crippen LogP contribution in [0.4, 0.5) is 0 Å². The Morgan fingerprint density at radius 2 is 2.20 bits per heavy atom. The summed E-state index contributed by atoms with van der Waals surface area (Å²) in [6.45, 7) is 4.68. The molecule has 1 aromatic heterocycles. The zero-order valence-electron chi connectivity index (χ0n) is 10.1. The molecular formula is C12H21N3. The van der Waals surface area contributed by atoms with Crippen molar-refractivity contribution in [2.75, 3.05) is 0 Å². The van der Waals surface area contributed by atoms with Gasteiger partial charge in [0.1, 0.15) is 0 Å². The normalized spacial score (nSPS) is 26.9. The fourth-order valence-electron chi connectivity index (χ4n) is 2.50. The summed E-state index contributed by atoms with van der Waals surface area (Å²) < 4.78 is 1.96. The van der Waals surface area contributed by atoms with E-state index in [2.05, 4.69) is 24.2 Å². The van der Waals surface area contributed by atoms with E-state index < -0.39 is 0 Å².